The van der Waals surface area contributed by atoms with Gasteiger partial charge >= 0.3 is 10.3 Å². The maximum absolute atomic E-state index is 8.97. The zero-order valence-electron chi connectivity index (χ0n) is 2.25. The molecule has 0 aromatic heterocycles. The van der Waals surface area contributed by atoms with E-state index in [9.17, 15) is 0 Å². The van der Waals surface area contributed by atoms with Gasteiger partial charge in [0.15, 0.2) is 17.4 Å². The number of rotatable bonds is 0. The van der Waals surface area contributed by atoms with Gasteiger partial charge in [0.25, 0.3) is 0 Å². The summed E-state index contributed by atoms with van der Waals surface area (Å²) in [4.78, 5) is 0. The van der Waals surface area contributed by atoms with Crippen molar-refractivity contribution in [2.75, 3.05) is 0 Å². The van der Waals surface area contributed by atoms with Gasteiger partial charge in [-0.3, -0.25) is 4.55 Å². The van der Waals surface area contributed by atoms with Crippen LogP contribution >= 0.6 is 0 Å². The smallest absolute Gasteiger partial charge is 0.274 e. The van der Waals surface area contributed by atoms with Gasteiger partial charge in [-0.2, -0.15) is 8.42 Å². The van der Waals surface area contributed by atoms with Crippen LogP contribution in [0.4, 0.5) is 0 Å². The molecule has 0 spiro atoms. The van der Waals surface area contributed by atoms with Crippen LogP contribution in [0.3, 0.4) is 0 Å². The van der Waals surface area contributed by atoms with Crippen molar-refractivity contribution in [2.24, 2.45) is 5.14 Å². The number of hydrogen-bond acceptors (Lipinski definition) is 2. The van der Waals surface area contributed by atoms with Crippen LogP contribution in [0.25, 0.3) is 0 Å². The van der Waals surface area contributed by atoms with E-state index in [0.717, 1.165) is 0 Å². The Kier molecular flexibility index (Phi) is 4.10. The van der Waals surface area contributed by atoms with Crippen LogP contribution in [0.1, 0.15) is 0 Å². The van der Waals surface area contributed by atoms with Crippen molar-refractivity contribution in [2.45, 2.75) is 0 Å². The summed E-state index contributed by atoms with van der Waals surface area (Å²) in [6, 6.07) is 0. The molecule has 0 aliphatic carbocycles. The Hall–Kier alpha value is 0.402. The summed E-state index contributed by atoms with van der Waals surface area (Å²) in [5.41, 5.74) is 0. The van der Waals surface area contributed by atoms with Crippen molar-refractivity contribution in [3.8, 4) is 0 Å². The molecule has 0 radical (unpaired) electrons. The molecule has 3 N–H and O–H groups in total. The normalized spacial score (nSPS) is 9.67. The first-order valence-corrected chi connectivity index (χ1v) is 2.25. The third kappa shape index (κ3) is 315. The van der Waals surface area contributed by atoms with Crippen LogP contribution in [-0.4, -0.2) is 30.3 Å². The SMILES string of the molecule is NS(=O)(=O)O.[AlH3]. The van der Waals surface area contributed by atoms with Crippen LogP contribution in [0, 0.1) is 0 Å². The fourth-order valence-electron chi connectivity index (χ4n) is 0. The molecule has 0 unspecified atom stereocenters. The van der Waals surface area contributed by atoms with Crippen LogP contribution < -0.4 is 5.14 Å². The average Bonchev–Trinajstić information content (AvgIpc) is 0.722. The van der Waals surface area contributed by atoms with E-state index in [0.29, 0.717) is 0 Å². The first-order valence-electron chi connectivity index (χ1n) is 0.752. The minimum absolute atomic E-state index is 0. The second-order valence-corrected chi connectivity index (χ2v) is 1.54. The van der Waals surface area contributed by atoms with E-state index in [1.807, 2.05) is 0 Å². The van der Waals surface area contributed by atoms with Crippen molar-refractivity contribution in [1.82, 2.24) is 0 Å². The van der Waals surface area contributed by atoms with E-state index in [4.69, 9.17) is 13.0 Å². The highest BCUT2D eigenvalue weighted by Gasteiger charge is 1.81. The molecule has 0 saturated heterocycles. The van der Waals surface area contributed by atoms with E-state index in [1.165, 1.54) is 0 Å². The lowest BCUT2D eigenvalue weighted by atomic mass is 13.9. The monoisotopic (exact) mass is 127 g/mol. The molecule has 0 fully saturated rings. The van der Waals surface area contributed by atoms with Gasteiger partial charge in [-0.1, -0.05) is 0 Å². The van der Waals surface area contributed by atoms with Gasteiger partial charge < -0.3 is 0 Å². The maximum atomic E-state index is 8.97. The highest BCUT2D eigenvalue weighted by atomic mass is 32.2. The average molecular weight is 127 g/mol. The van der Waals surface area contributed by atoms with Gasteiger partial charge in [-0.15, -0.1) is 0 Å². The second kappa shape index (κ2) is 2.55. The molecule has 0 bridgehead atoms. The van der Waals surface area contributed by atoms with Gasteiger partial charge in [0.05, 0.1) is 0 Å². The summed E-state index contributed by atoms with van der Waals surface area (Å²) >= 11 is 0. The minimum atomic E-state index is -4.17. The Balaban J connectivity index is 0. The van der Waals surface area contributed by atoms with Gasteiger partial charge in [-0.05, 0) is 0 Å². The fourth-order valence-corrected chi connectivity index (χ4v) is 0. The molecule has 4 nitrogen and oxygen atoms in total. The Labute approximate surface area is 46.4 Å². The molecule has 0 aliphatic heterocycles. The predicted octanol–water partition coefficient (Wildman–Crippen LogP) is -2.44. The lowest BCUT2D eigenvalue weighted by molar-refractivity contribution is 0.485. The topological polar surface area (TPSA) is 80.4 Å². The zero-order chi connectivity index (χ0) is 4.50. The Bertz CT molecular complexity index is 94.0. The van der Waals surface area contributed by atoms with Gasteiger partial charge in [0.2, 0.25) is 0 Å². The molecule has 0 heterocycles. The Morgan fingerprint density at radius 1 is 1.50 bits per heavy atom. The van der Waals surface area contributed by atoms with Gasteiger partial charge in [0.1, 0.15) is 0 Å². The van der Waals surface area contributed by atoms with Crippen molar-refractivity contribution in [1.29, 1.82) is 0 Å². The molecule has 0 aliphatic rings. The third-order valence-corrected chi connectivity index (χ3v) is 0. The number of nitrogens with two attached hydrogens (primary N) is 1. The number of hydrogen-bond donors (Lipinski definition) is 2. The van der Waals surface area contributed by atoms with E-state index < -0.39 is 10.3 Å². The van der Waals surface area contributed by atoms with Gasteiger partial charge in [0, 0.05) is 0 Å². The molecule has 0 amide bonds. The zero-order valence-corrected chi connectivity index (χ0v) is 3.07. The predicted molar refractivity (Wildman–Crippen MR) is 25.7 cm³/mol. The molecule has 0 saturated carbocycles. The molecule has 38 valence electrons. The van der Waals surface area contributed by atoms with Gasteiger partial charge in [-0.25, -0.2) is 5.14 Å². The third-order valence-electron chi connectivity index (χ3n) is 0. The quantitative estimate of drug-likeness (QED) is 0.280. The standard InChI is InChI=1S/Al.H3NO3S.3H/c;1-5(2,3)4;;;/h;(H3,1,2,3,4);;;. The van der Waals surface area contributed by atoms with Crippen molar-refractivity contribution in [3.05, 3.63) is 0 Å². The maximum Gasteiger partial charge on any atom is 0.330 e. The van der Waals surface area contributed by atoms with E-state index in [-0.39, 0.29) is 17.4 Å². The van der Waals surface area contributed by atoms with Crippen LogP contribution in [-0.2, 0) is 10.3 Å². The van der Waals surface area contributed by atoms with Crippen LogP contribution in [0.15, 0.2) is 0 Å². The summed E-state index contributed by atoms with van der Waals surface area (Å²) in [6.07, 6.45) is 0. The molecule has 0 aromatic rings. The van der Waals surface area contributed by atoms with Crippen LogP contribution in [0.5, 0.6) is 0 Å². The highest BCUT2D eigenvalue weighted by molar-refractivity contribution is 7.83. The van der Waals surface area contributed by atoms with E-state index >= 15 is 0 Å². The molecular weight excluding hydrogens is 121 g/mol. The van der Waals surface area contributed by atoms with E-state index in [2.05, 4.69) is 5.14 Å². The molecule has 0 rings (SSSR count). The minimum Gasteiger partial charge on any atom is -0.274 e. The summed E-state index contributed by atoms with van der Waals surface area (Å²) in [5.74, 6) is 0. The molecule has 0 aromatic carbocycles. The molecule has 0 atom stereocenters. The van der Waals surface area contributed by atoms with Crippen molar-refractivity contribution < 1.29 is 13.0 Å². The summed E-state index contributed by atoms with van der Waals surface area (Å²) < 4.78 is 25.2. The van der Waals surface area contributed by atoms with Crippen LogP contribution in [0.2, 0.25) is 0 Å². The van der Waals surface area contributed by atoms with Crippen molar-refractivity contribution in [3.63, 3.8) is 0 Å². The summed E-state index contributed by atoms with van der Waals surface area (Å²) in [6.45, 7) is 0. The Morgan fingerprint density at radius 3 is 1.50 bits per heavy atom. The summed E-state index contributed by atoms with van der Waals surface area (Å²) in [5, 5.41) is 3.88. The van der Waals surface area contributed by atoms with E-state index in [1.54, 1.807) is 0 Å². The summed E-state index contributed by atoms with van der Waals surface area (Å²) in [7, 11) is -4.17. The highest BCUT2D eigenvalue weighted by Crippen LogP contribution is 1.50. The molecule has 6 heavy (non-hydrogen) atoms. The van der Waals surface area contributed by atoms with Crippen molar-refractivity contribution >= 4 is 27.7 Å². The first kappa shape index (κ1) is 9.64. The molecule has 6 heteroatoms. The second-order valence-electron chi connectivity index (χ2n) is 0.515. The first-order chi connectivity index (χ1) is 2.00. The fraction of sp³-hybridized carbons (Fsp3) is 0. The molecular formula is H6AlNO3S. The lowest BCUT2D eigenvalue weighted by Gasteiger charge is -1.70. The lowest BCUT2D eigenvalue weighted by Crippen LogP contribution is -2.08. The Morgan fingerprint density at radius 2 is 1.50 bits per heavy atom. The largest absolute Gasteiger partial charge is 0.330 e.